The van der Waals surface area contributed by atoms with Crippen LogP contribution >= 0.6 is 22.7 Å². The van der Waals surface area contributed by atoms with E-state index in [9.17, 15) is 9.59 Å². The predicted molar refractivity (Wildman–Crippen MR) is 141 cm³/mol. The zero-order valence-corrected chi connectivity index (χ0v) is 21.3. The molecule has 11 heteroatoms. The van der Waals surface area contributed by atoms with Crippen LogP contribution in [0.25, 0.3) is 0 Å². The highest BCUT2D eigenvalue weighted by molar-refractivity contribution is 7.15. The molecule has 0 aromatic carbocycles. The van der Waals surface area contributed by atoms with Gasteiger partial charge in [0.15, 0.2) is 0 Å². The van der Waals surface area contributed by atoms with Crippen molar-refractivity contribution in [3.63, 3.8) is 0 Å². The minimum absolute atomic E-state index is 0. The molecule has 9 nitrogen and oxygen atoms in total. The topological polar surface area (TPSA) is 122 Å². The van der Waals surface area contributed by atoms with Gasteiger partial charge in [0.2, 0.25) is 11.0 Å². The Labute approximate surface area is 216 Å². The number of unbranched alkanes of at least 4 members (excludes halogenated alkanes) is 1. The highest BCUT2D eigenvalue weighted by Crippen LogP contribution is 2.22. The maximum absolute atomic E-state index is 12.4. The van der Waals surface area contributed by atoms with Gasteiger partial charge in [0.1, 0.15) is 20.8 Å². The molecule has 0 bridgehead atoms. The largest absolute Gasteiger partial charge is 0.317 e. The fourth-order valence-electron chi connectivity index (χ4n) is 4.59. The molecular weight excluding hydrogens is 482 g/mol. The number of Topliss-reactive ketones (excluding diaryl/α,β-unsaturated/α-hetero) is 1. The van der Waals surface area contributed by atoms with Gasteiger partial charge >= 0.3 is 0 Å². The lowest BCUT2D eigenvalue weighted by Gasteiger charge is -2.21. The highest BCUT2D eigenvalue weighted by atomic mass is 32.1. The lowest BCUT2D eigenvalue weighted by molar-refractivity contribution is -0.119. The molecule has 4 rings (SSSR count). The number of rotatable bonds is 12. The summed E-state index contributed by atoms with van der Waals surface area (Å²) in [4.78, 5) is 24.6. The van der Waals surface area contributed by atoms with E-state index in [2.05, 4.69) is 36.3 Å². The third-order valence-corrected chi connectivity index (χ3v) is 8.39. The highest BCUT2D eigenvalue weighted by Gasteiger charge is 2.19. The van der Waals surface area contributed by atoms with Gasteiger partial charge in [-0.3, -0.25) is 9.59 Å². The van der Waals surface area contributed by atoms with E-state index >= 15 is 0 Å². The first kappa shape index (κ1) is 27.8. The molecule has 1 amide bonds. The van der Waals surface area contributed by atoms with Crippen molar-refractivity contribution in [1.29, 1.82) is 0 Å². The summed E-state index contributed by atoms with van der Waals surface area (Å²) in [5.41, 5.74) is 0. The minimum Gasteiger partial charge on any atom is -0.317 e. The Balaban J connectivity index is 0.00000342. The lowest BCUT2D eigenvalue weighted by atomic mass is 9.92. The summed E-state index contributed by atoms with van der Waals surface area (Å²) in [6, 6.07) is 0. The third kappa shape index (κ3) is 9.63. The van der Waals surface area contributed by atoms with Crippen LogP contribution in [0.1, 0.15) is 73.8 Å². The van der Waals surface area contributed by atoms with Crippen molar-refractivity contribution in [2.24, 2.45) is 11.8 Å². The summed E-state index contributed by atoms with van der Waals surface area (Å²) in [5.74, 6) is 1.30. The standard InChI is InChI=1S/C23H35N7O2S2.CH4/c31-18(13-16-5-9-24-10-6-16)15-22-29-27-20(33-22)3-1-2-4-21-28-30-23(34-21)26-19(32)14-17-7-11-25-12-8-17;/h16-17,24-25H,1-15H2,(H,26,30,32);1H4. The average Bonchev–Trinajstić information content (AvgIpc) is 3.47. The van der Waals surface area contributed by atoms with Crippen LogP contribution in [-0.4, -0.2) is 58.3 Å². The van der Waals surface area contributed by atoms with Gasteiger partial charge in [0.25, 0.3) is 0 Å². The normalized spacial score (nSPS) is 17.1. The Morgan fingerprint density at radius 2 is 1.31 bits per heavy atom. The Bertz CT molecular complexity index is 846. The summed E-state index contributed by atoms with van der Waals surface area (Å²) in [6.45, 7) is 4.03. The molecule has 0 unspecified atom stereocenters. The summed E-state index contributed by atoms with van der Waals surface area (Å²) < 4.78 is 0. The van der Waals surface area contributed by atoms with E-state index in [0.717, 1.165) is 92.6 Å². The van der Waals surface area contributed by atoms with Crippen LogP contribution in [0.3, 0.4) is 0 Å². The van der Waals surface area contributed by atoms with Crippen LogP contribution in [0.2, 0.25) is 0 Å². The van der Waals surface area contributed by atoms with Crippen molar-refractivity contribution in [2.45, 2.75) is 78.1 Å². The van der Waals surface area contributed by atoms with E-state index in [-0.39, 0.29) is 19.1 Å². The molecule has 0 saturated carbocycles. The summed E-state index contributed by atoms with van der Waals surface area (Å²) in [5, 5.41) is 29.8. The Morgan fingerprint density at radius 3 is 1.97 bits per heavy atom. The van der Waals surface area contributed by atoms with Crippen molar-refractivity contribution in [3.05, 3.63) is 15.0 Å². The molecule has 0 atom stereocenters. The zero-order chi connectivity index (χ0) is 23.6. The van der Waals surface area contributed by atoms with Gasteiger partial charge in [-0.05, 0) is 76.5 Å². The Hall–Kier alpha value is -1.82. The van der Waals surface area contributed by atoms with Gasteiger partial charge in [-0.15, -0.1) is 31.7 Å². The summed E-state index contributed by atoms with van der Waals surface area (Å²) in [7, 11) is 0. The Morgan fingerprint density at radius 1 is 0.771 bits per heavy atom. The van der Waals surface area contributed by atoms with Crippen molar-refractivity contribution in [1.82, 2.24) is 31.0 Å². The number of piperidine rings is 2. The average molecular weight is 522 g/mol. The minimum atomic E-state index is 0. The maximum atomic E-state index is 12.4. The van der Waals surface area contributed by atoms with Crippen LogP contribution in [0.5, 0.6) is 0 Å². The molecule has 2 aromatic rings. The zero-order valence-electron chi connectivity index (χ0n) is 19.7. The number of amides is 1. The number of aromatic nitrogens is 4. The second-order valence-electron chi connectivity index (χ2n) is 9.36. The van der Waals surface area contributed by atoms with Crippen molar-refractivity contribution in [2.75, 3.05) is 31.5 Å². The number of ketones is 1. The third-order valence-electron chi connectivity index (χ3n) is 6.51. The van der Waals surface area contributed by atoms with Crippen LogP contribution in [0.4, 0.5) is 5.13 Å². The quantitative estimate of drug-likeness (QED) is 0.363. The van der Waals surface area contributed by atoms with Crippen molar-refractivity contribution in [3.8, 4) is 0 Å². The number of nitrogens with one attached hydrogen (secondary N) is 3. The maximum Gasteiger partial charge on any atom is 0.226 e. The van der Waals surface area contributed by atoms with Crippen molar-refractivity contribution < 1.29 is 9.59 Å². The van der Waals surface area contributed by atoms with Gasteiger partial charge in [-0.25, -0.2) is 0 Å². The predicted octanol–water partition coefficient (Wildman–Crippen LogP) is 3.42. The molecule has 2 fully saturated rings. The fraction of sp³-hybridized carbons (Fsp3) is 0.750. The number of hydrogen-bond donors (Lipinski definition) is 3. The molecule has 0 aliphatic carbocycles. The van der Waals surface area contributed by atoms with Crippen LogP contribution in [0.15, 0.2) is 0 Å². The smallest absolute Gasteiger partial charge is 0.226 e. The van der Waals surface area contributed by atoms with Gasteiger partial charge in [-0.2, -0.15) is 0 Å². The summed E-state index contributed by atoms with van der Waals surface area (Å²) >= 11 is 3.02. The fourth-order valence-corrected chi connectivity index (χ4v) is 6.30. The SMILES string of the molecule is C.O=C(Cc1nnc(CCCCc2nnc(NC(=O)CC3CCNCC3)s2)s1)CC1CCNCC1. The van der Waals surface area contributed by atoms with E-state index < -0.39 is 0 Å². The van der Waals surface area contributed by atoms with E-state index in [1.807, 2.05) is 0 Å². The number of carbonyl (C=O) groups is 2. The molecule has 2 aliphatic heterocycles. The van der Waals surface area contributed by atoms with Crippen molar-refractivity contribution >= 4 is 39.5 Å². The second-order valence-corrected chi connectivity index (χ2v) is 11.6. The Kier molecular flexibility index (Phi) is 11.6. The van der Waals surface area contributed by atoms with Gasteiger partial charge in [0, 0.05) is 25.7 Å². The van der Waals surface area contributed by atoms with E-state index in [0.29, 0.717) is 36.2 Å². The first-order chi connectivity index (χ1) is 16.6. The van der Waals surface area contributed by atoms with Gasteiger partial charge in [-0.1, -0.05) is 18.8 Å². The van der Waals surface area contributed by atoms with E-state index in [4.69, 9.17) is 0 Å². The number of anilines is 1. The second kappa shape index (κ2) is 14.7. The molecule has 0 spiro atoms. The number of aryl methyl sites for hydroxylation is 2. The number of hydrogen-bond acceptors (Lipinski definition) is 10. The lowest BCUT2D eigenvalue weighted by Crippen LogP contribution is -2.30. The molecule has 194 valence electrons. The van der Waals surface area contributed by atoms with Gasteiger partial charge < -0.3 is 16.0 Å². The van der Waals surface area contributed by atoms with E-state index in [1.165, 1.54) is 11.3 Å². The molecule has 4 heterocycles. The molecule has 2 aromatic heterocycles. The molecule has 2 saturated heterocycles. The molecule has 0 radical (unpaired) electrons. The number of nitrogens with zero attached hydrogens (tertiary/aromatic N) is 4. The van der Waals surface area contributed by atoms with E-state index in [1.54, 1.807) is 11.3 Å². The van der Waals surface area contributed by atoms with Gasteiger partial charge in [0.05, 0.1) is 6.42 Å². The van der Waals surface area contributed by atoms with Crippen LogP contribution in [-0.2, 0) is 28.9 Å². The van der Waals surface area contributed by atoms with Crippen LogP contribution in [0, 0.1) is 11.8 Å². The number of carbonyl (C=O) groups excluding carboxylic acids is 2. The van der Waals surface area contributed by atoms with Crippen LogP contribution < -0.4 is 16.0 Å². The summed E-state index contributed by atoms with van der Waals surface area (Å²) in [6.07, 6.45) is 9.58. The molecule has 35 heavy (non-hydrogen) atoms. The molecule has 2 aliphatic rings. The molecule has 3 N–H and O–H groups in total. The first-order valence-electron chi connectivity index (χ1n) is 12.5. The first-order valence-corrected chi connectivity index (χ1v) is 14.1. The monoisotopic (exact) mass is 521 g/mol. The molecular formula is C24H39N7O2S2.